The fourth-order valence-corrected chi connectivity index (χ4v) is 3.75. The number of hydrogen-bond donors (Lipinski definition) is 1. The van der Waals surface area contributed by atoms with Gasteiger partial charge in [-0.05, 0) is 71.2 Å². The zero-order chi connectivity index (χ0) is 14.2. The van der Waals surface area contributed by atoms with Crippen molar-refractivity contribution in [3.8, 4) is 0 Å². The van der Waals surface area contributed by atoms with Crippen LogP contribution in [0, 0.1) is 5.92 Å². The van der Waals surface area contributed by atoms with Crippen LogP contribution in [-0.4, -0.2) is 61.7 Å². The SMILES string of the molecule is CCN1CCC(C(C)NCCN2CCCCCC2)CC1. The Kier molecular flexibility index (Phi) is 7.32. The third-order valence-electron chi connectivity index (χ3n) is 5.38. The van der Waals surface area contributed by atoms with Gasteiger partial charge in [-0.25, -0.2) is 0 Å². The highest BCUT2D eigenvalue weighted by atomic mass is 15.1. The fourth-order valence-electron chi connectivity index (χ4n) is 3.75. The van der Waals surface area contributed by atoms with Gasteiger partial charge in [-0.15, -0.1) is 0 Å². The van der Waals surface area contributed by atoms with E-state index in [2.05, 4.69) is 29.0 Å². The quantitative estimate of drug-likeness (QED) is 0.807. The molecule has 0 saturated carbocycles. The van der Waals surface area contributed by atoms with Crippen molar-refractivity contribution in [1.82, 2.24) is 15.1 Å². The minimum absolute atomic E-state index is 0.695. The van der Waals surface area contributed by atoms with Crippen molar-refractivity contribution in [2.24, 2.45) is 5.92 Å². The molecule has 1 unspecified atom stereocenters. The van der Waals surface area contributed by atoms with E-state index in [0.29, 0.717) is 6.04 Å². The lowest BCUT2D eigenvalue weighted by Gasteiger charge is -2.35. The van der Waals surface area contributed by atoms with Crippen LogP contribution in [0.5, 0.6) is 0 Å². The van der Waals surface area contributed by atoms with Crippen LogP contribution in [-0.2, 0) is 0 Å². The van der Waals surface area contributed by atoms with Crippen molar-refractivity contribution in [3.63, 3.8) is 0 Å². The summed E-state index contributed by atoms with van der Waals surface area (Å²) in [4.78, 5) is 5.24. The maximum absolute atomic E-state index is 3.79. The number of hydrogen-bond acceptors (Lipinski definition) is 3. The van der Waals surface area contributed by atoms with E-state index >= 15 is 0 Å². The molecule has 20 heavy (non-hydrogen) atoms. The molecule has 1 N–H and O–H groups in total. The Morgan fingerprint density at radius 2 is 1.60 bits per heavy atom. The molecule has 0 aliphatic carbocycles. The number of nitrogens with one attached hydrogen (secondary N) is 1. The molecular weight excluding hydrogens is 246 g/mol. The van der Waals surface area contributed by atoms with Gasteiger partial charge >= 0.3 is 0 Å². The summed E-state index contributed by atoms with van der Waals surface area (Å²) in [5.41, 5.74) is 0. The molecule has 0 amide bonds. The zero-order valence-electron chi connectivity index (χ0n) is 13.7. The molecule has 3 heteroatoms. The van der Waals surface area contributed by atoms with E-state index in [1.165, 1.54) is 84.3 Å². The Bertz CT molecular complexity index is 241. The van der Waals surface area contributed by atoms with Crippen molar-refractivity contribution >= 4 is 0 Å². The van der Waals surface area contributed by atoms with Crippen LogP contribution in [0.25, 0.3) is 0 Å². The molecule has 118 valence electrons. The number of rotatable bonds is 6. The van der Waals surface area contributed by atoms with Crippen LogP contribution in [0.3, 0.4) is 0 Å². The van der Waals surface area contributed by atoms with E-state index < -0.39 is 0 Å². The first kappa shape index (κ1) is 16.3. The van der Waals surface area contributed by atoms with Crippen molar-refractivity contribution in [3.05, 3.63) is 0 Å². The normalized spacial score (nSPS) is 25.5. The van der Waals surface area contributed by atoms with Crippen LogP contribution in [0.4, 0.5) is 0 Å². The summed E-state index contributed by atoms with van der Waals surface area (Å²) in [7, 11) is 0. The largest absolute Gasteiger partial charge is 0.313 e. The highest BCUT2D eigenvalue weighted by Gasteiger charge is 2.22. The summed E-state index contributed by atoms with van der Waals surface area (Å²) in [5.74, 6) is 0.891. The smallest absolute Gasteiger partial charge is 0.0107 e. The molecule has 0 aromatic heterocycles. The van der Waals surface area contributed by atoms with Crippen molar-refractivity contribution < 1.29 is 0 Å². The maximum atomic E-state index is 3.79. The summed E-state index contributed by atoms with van der Waals surface area (Å²) >= 11 is 0. The highest BCUT2D eigenvalue weighted by Crippen LogP contribution is 2.20. The van der Waals surface area contributed by atoms with Gasteiger partial charge in [0.25, 0.3) is 0 Å². The van der Waals surface area contributed by atoms with Crippen molar-refractivity contribution in [1.29, 1.82) is 0 Å². The second kappa shape index (κ2) is 9.01. The molecule has 2 rings (SSSR count). The second-order valence-electron chi connectivity index (χ2n) is 6.77. The number of likely N-dealkylation sites (tertiary alicyclic amines) is 2. The molecular formula is C17H35N3. The van der Waals surface area contributed by atoms with E-state index in [4.69, 9.17) is 0 Å². The van der Waals surface area contributed by atoms with Crippen molar-refractivity contribution in [2.75, 3.05) is 45.8 Å². The first-order chi connectivity index (χ1) is 9.79. The van der Waals surface area contributed by atoms with Crippen LogP contribution < -0.4 is 5.32 Å². The Morgan fingerprint density at radius 3 is 2.20 bits per heavy atom. The molecule has 0 radical (unpaired) electrons. The molecule has 2 fully saturated rings. The van der Waals surface area contributed by atoms with E-state index in [-0.39, 0.29) is 0 Å². The summed E-state index contributed by atoms with van der Waals surface area (Å²) in [6, 6.07) is 0.695. The first-order valence-electron chi connectivity index (χ1n) is 8.97. The second-order valence-corrected chi connectivity index (χ2v) is 6.77. The molecule has 0 aromatic carbocycles. The van der Waals surface area contributed by atoms with Gasteiger partial charge in [0.05, 0.1) is 0 Å². The Labute approximate surface area is 126 Å². The lowest BCUT2D eigenvalue weighted by atomic mass is 9.90. The van der Waals surface area contributed by atoms with Crippen LogP contribution in [0.2, 0.25) is 0 Å². The van der Waals surface area contributed by atoms with Gasteiger partial charge in [-0.2, -0.15) is 0 Å². The standard InChI is InChI=1S/C17H35N3/c1-3-19-13-8-17(9-14-19)16(2)18-10-15-20-11-6-4-5-7-12-20/h16-18H,3-15H2,1-2H3. The Balaban J connectivity index is 1.58. The molecule has 2 saturated heterocycles. The van der Waals surface area contributed by atoms with Gasteiger partial charge in [0, 0.05) is 19.1 Å². The van der Waals surface area contributed by atoms with Crippen LogP contribution in [0.1, 0.15) is 52.4 Å². The molecule has 0 bridgehead atoms. The molecule has 1 atom stereocenters. The molecule has 3 nitrogen and oxygen atoms in total. The number of nitrogens with zero attached hydrogens (tertiary/aromatic N) is 2. The lowest BCUT2D eigenvalue weighted by molar-refractivity contribution is 0.166. The fraction of sp³-hybridized carbons (Fsp3) is 1.00. The van der Waals surface area contributed by atoms with E-state index in [9.17, 15) is 0 Å². The lowest BCUT2D eigenvalue weighted by Crippen LogP contribution is -2.44. The summed E-state index contributed by atoms with van der Waals surface area (Å²) in [6.07, 6.45) is 8.46. The summed E-state index contributed by atoms with van der Waals surface area (Å²) in [5, 5.41) is 3.79. The predicted octanol–water partition coefficient (Wildman–Crippen LogP) is 2.57. The van der Waals surface area contributed by atoms with Gasteiger partial charge in [0.2, 0.25) is 0 Å². The highest BCUT2D eigenvalue weighted by molar-refractivity contribution is 4.79. The molecule has 2 aliphatic rings. The Morgan fingerprint density at radius 1 is 0.950 bits per heavy atom. The van der Waals surface area contributed by atoms with E-state index in [0.717, 1.165) is 5.92 Å². The molecule has 0 aromatic rings. The predicted molar refractivity (Wildman–Crippen MR) is 87.2 cm³/mol. The molecule has 0 spiro atoms. The Hall–Kier alpha value is -0.120. The summed E-state index contributed by atoms with van der Waals surface area (Å²) in [6.45, 7) is 13.6. The summed E-state index contributed by atoms with van der Waals surface area (Å²) < 4.78 is 0. The third kappa shape index (κ3) is 5.34. The van der Waals surface area contributed by atoms with Crippen LogP contribution in [0.15, 0.2) is 0 Å². The monoisotopic (exact) mass is 281 g/mol. The average molecular weight is 281 g/mol. The van der Waals surface area contributed by atoms with Crippen molar-refractivity contribution in [2.45, 2.75) is 58.4 Å². The number of piperidine rings is 1. The van der Waals surface area contributed by atoms with Gasteiger partial charge < -0.3 is 15.1 Å². The van der Waals surface area contributed by atoms with Crippen LogP contribution >= 0.6 is 0 Å². The van der Waals surface area contributed by atoms with Gasteiger partial charge in [-0.3, -0.25) is 0 Å². The molecule has 2 aliphatic heterocycles. The zero-order valence-corrected chi connectivity index (χ0v) is 13.7. The average Bonchev–Trinajstić information content (AvgIpc) is 2.76. The van der Waals surface area contributed by atoms with Gasteiger partial charge in [-0.1, -0.05) is 19.8 Å². The maximum Gasteiger partial charge on any atom is 0.0107 e. The van der Waals surface area contributed by atoms with E-state index in [1.807, 2.05) is 0 Å². The minimum Gasteiger partial charge on any atom is -0.313 e. The topological polar surface area (TPSA) is 18.5 Å². The van der Waals surface area contributed by atoms with E-state index in [1.54, 1.807) is 0 Å². The van der Waals surface area contributed by atoms with Gasteiger partial charge in [0.15, 0.2) is 0 Å². The third-order valence-corrected chi connectivity index (χ3v) is 5.38. The minimum atomic E-state index is 0.695. The first-order valence-corrected chi connectivity index (χ1v) is 8.97. The molecule has 2 heterocycles. The van der Waals surface area contributed by atoms with Gasteiger partial charge in [0.1, 0.15) is 0 Å².